The van der Waals surface area contributed by atoms with Crippen LogP contribution in [0.3, 0.4) is 0 Å². The van der Waals surface area contributed by atoms with Gasteiger partial charge in [-0.05, 0) is 34.7 Å². The molecule has 0 aromatic carbocycles. The smallest absolute Gasteiger partial charge is 0.277 e. The second-order valence-corrected chi connectivity index (χ2v) is 4.79. The first kappa shape index (κ1) is 11.3. The normalized spacial score (nSPS) is 10.8. The monoisotopic (exact) mass is 353 g/mol. The Labute approximate surface area is 116 Å². The predicted molar refractivity (Wildman–Crippen MR) is 72.4 cm³/mol. The van der Waals surface area contributed by atoms with Crippen LogP contribution in [0.15, 0.2) is 35.2 Å². The Morgan fingerprint density at radius 1 is 1.28 bits per heavy atom. The van der Waals surface area contributed by atoms with Crippen LogP contribution in [0.25, 0.3) is 23.0 Å². The molecule has 3 aromatic rings. The average molecular weight is 353 g/mol. The van der Waals surface area contributed by atoms with Crippen LogP contribution in [0, 0.1) is 3.57 Å². The largest absolute Gasteiger partial charge is 0.332 e. The lowest BCUT2D eigenvalue weighted by Gasteiger charge is -1.95. The van der Waals surface area contributed by atoms with E-state index >= 15 is 0 Å². The number of pyridine rings is 1. The van der Waals surface area contributed by atoms with Crippen LogP contribution in [0.2, 0.25) is 0 Å². The van der Waals surface area contributed by atoms with E-state index < -0.39 is 0 Å². The van der Waals surface area contributed by atoms with Gasteiger partial charge >= 0.3 is 0 Å². The van der Waals surface area contributed by atoms with E-state index in [1.165, 1.54) is 0 Å². The maximum absolute atomic E-state index is 5.28. The number of hydrogen-bond donors (Lipinski definition) is 0. The third-order valence-electron chi connectivity index (χ3n) is 2.46. The van der Waals surface area contributed by atoms with Gasteiger partial charge in [0, 0.05) is 25.0 Å². The summed E-state index contributed by atoms with van der Waals surface area (Å²) in [5.41, 5.74) is 1.69. The zero-order valence-corrected chi connectivity index (χ0v) is 11.6. The summed E-state index contributed by atoms with van der Waals surface area (Å²) < 4.78 is 7.96. The molecule has 0 atom stereocenters. The molecule has 7 heteroatoms. The lowest BCUT2D eigenvalue weighted by molar-refractivity contribution is 0.428. The van der Waals surface area contributed by atoms with Crippen molar-refractivity contribution in [2.24, 2.45) is 7.05 Å². The van der Waals surface area contributed by atoms with Gasteiger partial charge in [0.2, 0.25) is 5.82 Å². The summed E-state index contributed by atoms with van der Waals surface area (Å²) in [6.07, 6.45) is 5.14. The van der Waals surface area contributed by atoms with Crippen molar-refractivity contribution >= 4 is 22.6 Å². The van der Waals surface area contributed by atoms with Crippen LogP contribution in [-0.4, -0.2) is 24.9 Å². The molecule has 0 aliphatic carbocycles. The molecule has 0 N–H and O–H groups in total. The molecular formula is C11H8IN5O. The van der Waals surface area contributed by atoms with Gasteiger partial charge in [-0.2, -0.15) is 10.1 Å². The number of aromatic nitrogens is 5. The number of aryl methyl sites for hydroxylation is 1. The van der Waals surface area contributed by atoms with Crippen molar-refractivity contribution in [2.75, 3.05) is 0 Å². The Kier molecular flexibility index (Phi) is 2.82. The van der Waals surface area contributed by atoms with Gasteiger partial charge in [-0.3, -0.25) is 9.67 Å². The van der Waals surface area contributed by atoms with Crippen molar-refractivity contribution in [2.45, 2.75) is 0 Å². The lowest BCUT2D eigenvalue weighted by atomic mass is 10.2. The standard InChI is InChI=1S/C11H8IN5O/c1-17-9(8(12)6-14-17)11-15-10(16-18-11)7-2-4-13-5-3-7/h2-6H,1H3. The van der Waals surface area contributed by atoms with Crippen LogP contribution < -0.4 is 0 Å². The molecule has 0 saturated carbocycles. The maximum Gasteiger partial charge on any atom is 0.277 e. The molecule has 0 unspecified atom stereocenters. The van der Waals surface area contributed by atoms with Crippen LogP contribution in [0.4, 0.5) is 0 Å². The topological polar surface area (TPSA) is 69.6 Å². The van der Waals surface area contributed by atoms with Crippen molar-refractivity contribution in [3.05, 3.63) is 34.3 Å². The van der Waals surface area contributed by atoms with Gasteiger partial charge in [0.1, 0.15) is 5.69 Å². The van der Waals surface area contributed by atoms with Crippen molar-refractivity contribution in [3.8, 4) is 23.0 Å². The summed E-state index contributed by atoms with van der Waals surface area (Å²) in [7, 11) is 1.84. The van der Waals surface area contributed by atoms with Gasteiger partial charge in [-0.25, -0.2) is 0 Å². The first-order chi connectivity index (χ1) is 8.75. The number of rotatable bonds is 2. The summed E-state index contributed by atoms with van der Waals surface area (Å²) >= 11 is 2.19. The molecule has 6 nitrogen and oxygen atoms in total. The molecule has 0 amide bonds. The zero-order chi connectivity index (χ0) is 12.5. The van der Waals surface area contributed by atoms with Crippen molar-refractivity contribution in [1.82, 2.24) is 24.9 Å². The molecule has 0 aliphatic heterocycles. The molecule has 0 bridgehead atoms. The summed E-state index contributed by atoms with van der Waals surface area (Å²) in [6, 6.07) is 3.67. The van der Waals surface area contributed by atoms with Crippen LogP contribution in [0.1, 0.15) is 0 Å². The zero-order valence-electron chi connectivity index (χ0n) is 9.41. The first-order valence-corrected chi connectivity index (χ1v) is 6.25. The Morgan fingerprint density at radius 2 is 2.06 bits per heavy atom. The molecule has 0 spiro atoms. The third-order valence-corrected chi connectivity index (χ3v) is 3.25. The molecule has 3 heterocycles. The van der Waals surface area contributed by atoms with E-state index in [0.29, 0.717) is 11.7 Å². The van der Waals surface area contributed by atoms with E-state index in [0.717, 1.165) is 14.8 Å². The Morgan fingerprint density at radius 3 is 2.72 bits per heavy atom. The molecule has 0 saturated heterocycles. The number of nitrogens with zero attached hydrogens (tertiary/aromatic N) is 5. The molecule has 0 aliphatic rings. The highest BCUT2D eigenvalue weighted by Crippen LogP contribution is 2.25. The fourth-order valence-corrected chi connectivity index (χ4v) is 2.29. The summed E-state index contributed by atoms with van der Waals surface area (Å²) in [5, 5.41) is 8.11. The van der Waals surface area contributed by atoms with E-state index in [1.54, 1.807) is 23.3 Å². The predicted octanol–water partition coefficient (Wildman–Crippen LogP) is 2.14. The molecule has 0 radical (unpaired) electrons. The highest BCUT2D eigenvalue weighted by Gasteiger charge is 2.16. The fraction of sp³-hybridized carbons (Fsp3) is 0.0909. The second-order valence-electron chi connectivity index (χ2n) is 3.62. The Hall–Kier alpha value is -1.77. The number of hydrogen-bond acceptors (Lipinski definition) is 5. The molecule has 0 fully saturated rings. The quantitative estimate of drug-likeness (QED) is 0.661. The first-order valence-electron chi connectivity index (χ1n) is 5.17. The average Bonchev–Trinajstić information content (AvgIpc) is 2.98. The van der Waals surface area contributed by atoms with E-state index in [1.807, 2.05) is 19.2 Å². The van der Waals surface area contributed by atoms with Gasteiger partial charge < -0.3 is 4.52 Å². The fourth-order valence-electron chi connectivity index (χ4n) is 1.59. The minimum Gasteiger partial charge on any atom is -0.332 e. The van der Waals surface area contributed by atoms with Gasteiger partial charge in [-0.1, -0.05) is 5.16 Å². The van der Waals surface area contributed by atoms with Crippen molar-refractivity contribution in [3.63, 3.8) is 0 Å². The Balaban J connectivity index is 2.05. The highest BCUT2D eigenvalue weighted by atomic mass is 127. The summed E-state index contributed by atoms with van der Waals surface area (Å²) in [6.45, 7) is 0. The molecule has 18 heavy (non-hydrogen) atoms. The molecule has 3 aromatic heterocycles. The van der Waals surface area contributed by atoms with Crippen molar-refractivity contribution in [1.29, 1.82) is 0 Å². The summed E-state index contributed by atoms with van der Waals surface area (Å²) in [5.74, 6) is 1.01. The third kappa shape index (κ3) is 1.90. The van der Waals surface area contributed by atoms with Crippen LogP contribution in [-0.2, 0) is 7.05 Å². The van der Waals surface area contributed by atoms with E-state index in [9.17, 15) is 0 Å². The molecule has 3 rings (SSSR count). The SMILES string of the molecule is Cn1ncc(I)c1-c1nc(-c2ccncc2)no1. The minimum absolute atomic E-state index is 0.464. The highest BCUT2D eigenvalue weighted by molar-refractivity contribution is 14.1. The van der Waals surface area contributed by atoms with Crippen LogP contribution >= 0.6 is 22.6 Å². The van der Waals surface area contributed by atoms with Crippen LogP contribution in [0.5, 0.6) is 0 Å². The second kappa shape index (κ2) is 4.48. The van der Waals surface area contributed by atoms with Crippen molar-refractivity contribution < 1.29 is 4.52 Å². The van der Waals surface area contributed by atoms with Gasteiger partial charge in [0.15, 0.2) is 0 Å². The Bertz CT molecular complexity index is 656. The van der Waals surface area contributed by atoms with E-state index in [-0.39, 0.29) is 0 Å². The van der Waals surface area contributed by atoms with Gasteiger partial charge in [0.05, 0.1) is 9.77 Å². The maximum atomic E-state index is 5.28. The van der Waals surface area contributed by atoms with E-state index in [2.05, 4.69) is 42.8 Å². The molecular weight excluding hydrogens is 345 g/mol. The molecule has 90 valence electrons. The van der Waals surface area contributed by atoms with Gasteiger partial charge in [0.25, 0.3) is 5.89 Å². The van der Waals surface area contributed by atoms with E-state index in [4.69, 9.17) is 4.52 Å². The van der Waals surface area contributed by atoms with Gasteiger partial charge in [-0.15, -0.1) is 0 Å². The number of halogens is 1. The lowest BCUT2D eigenvalue weighted by Crippen LogP contribution is -1.94. The minimum atomic E-state index is 0.464. The summed E-state index contributed by atoms with van der Waals surface area (Å²) in [4.78, 5) is 8.33.